The van der Waals surface area contributed by atoms with Crippen molar-refractivity contribution in [3.8, 4) is 6.07 Å². The third-order valence-corrected chi connectivity index (χ3v) is 5.28. The molecule has 0 fully saturated rings. The smallest absolute Gasteiger partial charge is 0.262 e. The Hall–Kier alpha value is -1.36. The van der Waals surface area contributed by atoms with E-state index in [1.165, 1.54) is 6.07 Å². The fourth-order valence-electron chi connectivity index (χ4n) is 1.76. The minimum absolute atomic E-state index is 0.167. The molecule has 0 aliphatic rings. The second-order valence-electron chi connectivity index (χ2n) is 4.32. The summed E-state index contributed by atoms with van der Waals surface area (Å²) in [5, 5.41) is 9.07. The highest BCUT2D eigenvalue weighted by atomic mass is 79.9. The number of halogens is 2. The number of hydrogen-bond donors (Lipinski definition) is 1. The molecule has 0 aliphatic carbocycles. The normalized spacial score (nSPS) is 11.0. The molecule has 0 heterocycles. The quantitative estimate of drug-likeness (QED) is 0.794. The summed E-state index contributed by atoms with van der Waals surface area (Å²) in [6.07, 6.45) is 0. The van der Waals surface area contributed by atoms with Gasteiger partial charge in [0.25, 0.3) is 10.0 Å². The molecule has 2 aromatic carbocycles. The van der Waals surface area contributed by atoms with Gasteiger partial charge in [-0.1, -0.05) is 37.9 Å². The van der Waals surface area contributed by atoms with Gasteiger partial charge in [-0.15, -0.1) is 0 Å². The van der Waals surface area contributed by atoms with Gasteiger partial charge in [-0.3, -0.25) is 4.72 Å². The van der Waals surface area contributed by atoms with Gasteiger partial charge in [-0.25, -0.2) is 8.42 Å². The van der Waals surface area contributed by atoms with Crippen molar-refractivity contribution < 1.29 is 8.42 Å². The lowest BCUT2D eigenvalue weighted by molar-refractivity contribution is 0.600. The first-order chi connectivity index (χ1) is 9.83. The molecule has 0 aromatic heterocycles. The molecule has 2 rings (SSSR count). The predicted molar refractivity (Wildman–Crippen MR) is 88.5 cm³/mol. The standard InChI is InChI=1S/C14H10Br2N2O2S/c1-9-2-4-12(16)7-14(9)21(19,20)18-13-6-11(15)5-3-10(13)8-17/h2-7,18H,1H3. The molecule has 0 radical (unpaired) electrons. The van der Waals surface area contributed by atoms with E-state index in [1.807, 2.05) is 6.07 Å². The van der Waals surface area contributed by atoms with Gasteiger partial charge in [-0.2, -0.15) is 5.26 Å². The van der Waals surface area contributed by atoms with Crippen LogP contribution < -0.4 is 4.72 Å². The zero-order valence-corrected chi connectivity index (χ0v) is 14.9. The van der Waals surface area contributed by atoms with Crippen molar-refractivity contribution in [1.82, 2.24) is 0 Å². The number of aryl methyl sites for hydroxylation is 1. The Labute approximate surface area is 140 Å². The SMILES string of the molecule is Cc1ccc(Br)cc1S(=O)(=O)Nc1cc(Br)ccc1C#N. The first-order valence-electron chi connectivity index (χ1n) is 5.82. The summed E-state index contributed by atoms with van der Waals surface area (Å²) in [4.78, 5) is 0.167. The van der Waals surface area contributed by atoms with E-state index in [4.69, 9.17) is 5.26 Å². The summed E-state index contributed by atoms with van der Waals surface area (Å²) >= 11 is 6.53. The summed E-state index contributed by atoms with van der Waals surface area (Å²) in [5.74, 6) is 0. The van der Waals surface area contributed by atoms with Gasteiger partial charge >= 0.3 is 0 Å². The Bertz CT molecular complexity index is 843. The number of nitrogens with zero attached hydrogens (tertiary/aromatic N) is 1. The van der Waals surface area contributed by atoms with Crippen LogP contribution in [0.4, 0.5) is 5.69 Å². The van der Waals surface area contributed by atoms with Crippen molar-refractivity contribution in [2.75, 3.05) is 4.72 Å². The number of nitriles is 1. The zero-order valence-electron chi connectivity index (χ0n) is 10.9. The number of sulfonamides is 1. The molecular formula is C14H10Br2N2O2S. The highest BCUT2D eigenvalue weighted by molar-refractivity contribution is 9.10. The zero-order chi connectivity index (χ0) is 15.6. The van der Waals surface area contributed by atoms with Crippen molar-refractivity contribution in [2.45, 2.75) is 11.8 Å². The Morgan fingerprint density at radius 3 is 2.38 bits per heavy atom. The molecule has 0 atom stereocenters. The van der Waals surface area contributed by atoms with Crippen LogP contribution in [0.1, 0.15) is 11.1 Å². The average molecular weight is 430 g/mol. The molecule has 1 N–H and O–H groups in total. The molecule has 0 amide bonds. The number of nitrogens with one attached hydrogen (secondary N) is 1. The van der Waals surface area contributed by atoms with Crippen molar-refractivity contribution in [1.29, 1.82) is 5.26 Å². The molecule has 0 aliphatic heterocycles. The molecule has 7 heteroatoms. The van der Waals surface area contributed by atoms with Crippen LogP contribution in [-0.4, -0.2) is 8.42 Å². The largest absolute Gasteiger partial charge is 0.278 e. The molecule has 108 valence electrons. The predicted octanol–water partition coefficient (Wildman–Crippen LogP) is 4.19. The van der Waals surface area contributed by atoms with Crippen LogP contribution in [-0.2, 0) is 10.0 Å². The van der Waals surface area contributed by atoms with E-state index in [0.717, 1.165) is 0 Å². The van der Waals surface area contributed by atoms with Gasteiger partial charge < -0.3 is 0 Å². The second kappa shape index (κ2) is 6.18. The van der Waals surface area contributed by atoms with Crippen LogP contribution in [0.15, 0.2) is 50.2 Å². The van der Waals surface area contributed by atoms with Gasteiger partial charge in [0, 0.05) is 8.95 Å². The number of benzene rings is 2. The van der Waals surface area contributed by atoms with E-state index in [-0.39, 0.29) is 16.1 Å². The summed E-state index contributed by atoms with van der Waals surface area (Å²) in [6, 6.07) is 11.8. The molecule has 4 nitrogen and oxygen atoms in total. The van der Waals surface area contributed by atoms with Crippen molar-refractivity contribution in [2.24, 2.45) is 0 Å². The molecular weight excluding hydrogens is 420 g/mol. The Kier molecular flexibility index (Phi) is 4.71. The van der Waals surface area contributed by atoms with Crippen LogP contribution in [0, 0.1) is 18.3 Å². The van der Waals surface area contributed by atoms with Crippen molar-refractivity contribution in [3.05, 3.63) is 56.5 Å². The highest BCUT2D eigenvalue weighted by Crippen LogP contribution is 2.26. The van der Waals surface area contributed by atoms with Crippen LogP contribution in [0.3, 0.4) is 0 Å². The maximum Gasteiger partial charge on any atom is 0.262 e. The summed E-state index contributed by atoms with van der Waals surface area (Å²) in [6.45, 7) is 1.72. The Morgan fingerprint density at radius 2 is 1.71 bits per heavy atom. The number of rotatable bonds is 3. The summed E-state index contributed by atoms with van der Waals surface area (Å²) < 4.78 is 28.8. The van der Waals surface area contributed by atoms with E-state index < -0.39 is 10.0 Å². The molecule has 0 unspecified atom stereocenters. The van der Waals surface area contributed by atoms with E-state index in [1.54, 1.807) is 37.3 Å². The van der Waals surface area contributed by atoms with Crippen LogP contribution in [0.5, 0.6) is 0 Å². The van der Waals surface area contributed by atoms with E-state index >= 15 is 0 Å². The topological polar surface area (TPSA) is 70.0 Å². The highest BCUT2D eigenvalue weighted by Gasteiger charge is 2.19. The minimum atomic E-state index is -3.77. The monoisotopic (exact) mass is 428 g/mol. The Morgan fingerprint density at radius 1 is 1.10 bits per heavy atom. The first-order valence-corrected chi connectivity index (χ1v) is 8.89. The minimum Gasteiger partial charge on any atom is -0.278 e. The molecule has 21 heavy (non-hydrogen) atoms. The van der Waals surface area contributed by atoms with Gasteiger partial charge in [0.05, 0.1) is 16.1 Å². The number of anilines is 1. The fraction of sp³-hybridized carbons (Fsp3) is 0.0714. The summed E-state index contributed by atoms with van der Waals surface area (Å²) in [7, 11) is -3.77. The first kappa shape index (κ1) is 16.0. The lowest BCUT2D eigenvalue weighted by Gasteiger charge is -2.12. The van der Waals surface area contributed by atoms with Crippen molar-refractivity contribution >= 4 is 47.6 Å². The third-order valence-electron chi connectivity index (χ3n) is 2.79. The van der Waals surface area contributed by atoms with Gasteiger partial charge in [-0.05, 0) is 42.8 Å². The van der Waals surface area contributed by atoms with Crippen LogP contribution >= 0.6 is 31.9 Å². The molecule has 0 saturated carbocycles. The van der Waals surface area contributed by atoms with E-state index in [9.17, 15) is 8.42 Å². The third kappa shape index (κ3) is 3.64. The number of hydrogen-bond acceptors (Lipinski definition) is 3. The molecule has 2 aromatic rings. The van der Waals surface area contributed by atoms with Gasteiger partial charge in [0.15, 0.2) is 0 Å². The lowest BCUT2D eigenvalue weighted by Crippen LogP contribution is -2.15. The molecule has 0 saturated heterocycles. The Balaban J connectivity index is 2.50. The lowest BCUT2D eigenvalue weighted by atomic mass is 10.2. The van der Waals surface area contributed by atoms with Crippen LogP contribution in [0.25, 0.3) is 0 Å². The summed E-state index contributed by atoms with van der Waals surface area (Å²) in [5.41, 5.74) is 1.12. The maximum absolute atomic E-state index is 12.5. The van der Waals surface area contributed by atoms with Crippen molar-refractivity contribution in [3.63, 3.8) is 0 Å². The molecule has 0 spiro atoms. The van der Waals surface area contributed by atoms with E-state index in [0.29, 0.717) is 14.5 Å². The molecule has 0 bridgehead atoms. The van der Waals surface area contributed by atoms with Crippen LogP contribution in [0.2, 0.25) is 0 Å². The second-order valence-corrected chi connectivity index (χ2v) is 7.80. The van der Waals surface area contributed by atoms with E-state index in [2.05, 4.69) is 36.6 Å². The van der Waals surface area contributed by atoms with Gasteiger partial charge in [0.1, 0.15) is 6.07 Å². The average Bonchev–Trinajstić information content (AvgIpc) is 2.41. The maximum atomic E-state index is 12.5. The fourth-order valence-corrected chi connectivity index (χ4v) is 3.98. The van der Waals surface area contributed by atoms with Gasteiger partial charge in [0.2, 0.25) is 0 Å².